The summed E-state index contributed by atoms with van der Waals surface area (Å²) in [5.41, 5.74) is 2.79. The number of amides is 2. The van der Waals surface area contributed by atoms with Gasteiger partial charge in [0, 0.05) is 25.0 Å². The van der Waals surface area contributed by atoms with Crippen LogP contribution in [0, 0.1) is 12.7 Å². The number of pyridine rings is 1. The second-order valence-corrected chi connectivity index (χ2v) is 8.16. The number of rotatable bonds is 9. The number of ether oxygens (including phenoxy) is 1. The first-order valence-corrected chi connectivity index (χ1v) is 11.4. The van der Waals surface area contributed by atoms with Crippen LogP contribution in [0.15, 0.2) is 79.1 Å². The molecule has 0 unspecified atom stereocenters. The zero-order valence-electron chi connectivity index (χ0n) is 19.9. The van der Waals surface area contributed by atoms with Gasteiger partial charge in [0.2, 0.25) is 11.8 Å². The molecule has 0 radical (unpaired) electrons. The van der Waals surface area contributed by atoms with Crippen LogP contribution in [0.5, 0.6) is 5.88 Å². The molecule has 36 heavy (non-hydrogen) atoms. The number of benzene rings is 2. The highest BCUT2D eigenvalue weighted by Crippen LogP contribution is 2.24. The van der Waals surface area contributed by atoms with Gasteiger partial charge in [-0.3, -0.25) is 14.6 Å². The molecule has 2 aromatic heterocycles. The quantitative estimate of drug-likeness (QED) is 0.373. The molecule has 0 aliphatic rings. The van der Waals surface area contributed by atoms with Crippen molar-refractivity contribution in [2.45, 2.75) is 25.9 Å². The van der Waals surface area contributed by atoms with Crippen LogP contribution in [0.1, 0.15) is 39.6 Å². The lowest BCUT2D eigenvalue weighted by molar-refractivity contribution is -0.121. The number of halogens is 1. The average molecular weight is 488 g/mol. The van der Waals surface area contributed by atoms with Crippen molar-refractivity contribution in [3.05, 3.63) is 107 Å². The molecule has 0 aliphatic carbocycles. The van der Waals surface area contributed by atoms with E-state index in [0.29, 0.717) is 6.54 Å². The highest BCUT2D eigenvalue weighted by Gasteiger charge is 2.24. The molecule has 9 heteroatoms. The van der Waals surface area contributed by atoms with Crippen molar-refractivity contribution in [3.8, 4) is 11.6 Å². The Bertz CT molecular complexity index is 1360. The Balaban J connectivity index is 1.55. The fourth-order valence-electron chi connectivity index (χ4n) is 3.83. The zero-order valence-corrected chi connectivity index (χ0v) is 19.9. The molecule has 4 aromatic rings. The number of methoxy groups -OCH3 is 1. The monoisotopic (exact) mass is 487 g/mol. The van der Waals surface area contributed by atoms with E-state index < -0.39 is 17.8 Å². The molecule has 0 saturated carbocycles. The molecule has 184 valence electrons. The molecule has 0 fully saturated rings. The number of carbonyl (C=O) groups excluding carboxylic acids is 2. The molecule has 2 N–H and O–H groups in total. The smallest absolute Gasteiger partial charge is 0.272 e. The number of hydrogen-bond donors (Lipinski definition) is 2. The van der Waals surface area contributed by atoms with Crippen LogP contribution in [0.3, 0.4) is 0 Å². The van der Waals surface area contributed by atoms with Crippen molar-refractivity contribution >= 4 is 11.8 Å². The Morgan fingerprint density at radius 3 is 2.58 bits per heavy atom. The van der Waals surface area contributed by atoms with E-state index in [1.54, 1.807) is 30.6 Å². The van der Waals surface area contributed by atoms with Gasteiger partial charge in [0.05, 0.1) is 19.6 Å². The molecule has 2 amide bonds. The molecule has 0 spiro atoms. The lowest BCUT2D eigenvalue weighted by Gasteiger charge is -2.20. The zero-order chi connectivity index (χ0) is 25.5. The Kier molecular flexibility index (Phi) is 7.69. The van der Waals surface area contributed by atoms with Gasteiger partial charge in [-0.25, -0.2) is 4.39 Å². The average Bonchev–Trinajstić information content (AvgIpc) is 3.33. The highest BCUT2D eigenvalue weighted by atomic mass is 19.1. The van der Waals surface area contributed by atoms with Gasteiger partial charge in [0.15, 0.2) is 5.69 Å². The molecule has 0 bridgehead atoms. The first-order chi connectivity index (χ1) is 17.5. The summed E-state index contributed by atoms with van der Waals surface area (Å²) in [6.45, 7) is 2.24. The van der Waals surface area contributed by atoms with Crippen molar-refractivity contribution in [3.63, 3.8) is 0 Å². The molecule has 2 heterocycles. The minimum Gasteiger partial charge on any atom is -0.481 e. The normalized spacial score (nSPS) is 11.5. The molecule has 8 nitrogen and oxygen atoms in total. The number of nitrogens with zero attached hydrogens (tertiary/aromatic N) is 3. The number of aromatic nitrogens is 3. The Morgan fingerprint density at radius 1 is 1.08 bits per heavy atom. The standard InChI is InChI=1S/C27H26FN5O3/c1-18-8-3-4-10-20(18)22(14-25(34)30-17-19-9-7-13-29-16-19)31-27(35)23-15-26(36-2)33(32-23)24-12-6-5-11-21(24)28/h3-13,15-16,22H,14,17H2,1-2H3,(H,30,34)(H,31,35)/t22-/m0/s1. The van der Waals surface area contributed by atoms with E-state index in [2.05, 4.69) is 20.7 Å². The summed E-state index contributed by atoms with van der Waals surface area (Å²) in [6, 6.07) is 18.1. The van der Waals surface area contributed by atoms with Gasteiger partial charge < -0.3 is 15.4 Å². The third kappa shape index (κ3) is 5.75. The maximum atomic E-state index is 14.4. The summed E-state index contributed by atoms with van der Waals surface area (Å²) in [5.74, 6) is -1.06. The van der Waals surface area contributed by atoms with Crippen LogP contribution in [-0.4, -0.2) is 33.7 Å². The van der Waals surface area contributed by atoms with E-state index in [0.717, 1.165) is 16.7 Å². The number of para-hydroxylation sites is 1. The van der Waals surface area contributed by atoms with E-state index in [1.165, 1.54) is 30.0 Å². The van der Waals surface area contributed by atoms with Crippen LogP contribution >= 0.6 is 0 Å². The van der Waals surface area contributed by atoms with Crippen LogP contribution in [-0.2, 0) is 11.3 Å². The summed E-state index contributed by atoms with van der Waals surface area (Å²) >= 11 is 0. The van der Waals surface area contributed by atoms with Crippen molar-refractivity contribution in [2.75, 3.05) is 7.11 Å². The second kappa shape index (κ2) is 11.3. The van der Waals surface area contributed by atoms with Crippen LogP contribution in [0.25, 0.3) is 5.69 Å². The SMILES string of the molecule is COc1cc(C(=O)N[C@@H](CC(=O)NCc2cccnc2)c2ccccc2C)nn1-c1ccccc1F. The van der Waals surface area contributed by atoms with Gasteiger partial charge in [-0.05, 0) is 41.8 Å². The van der Waals surface area contributed by atoms with Gasteiger partial charge in [0.25, 0.3) is 5.91 Å². The number of aryl methyl sites for hydroxylation is 1. The second-order valence-electron chi connectivity index (χ2n) is 8.16. The van der Waals surface area contributed by atoms with Gasteiger partial charge in [-0.1, -0.05) is 42.5 Å². The highest BCUT2D eigenvalue weighted by molar-refractivity contribution is 5.93. The summed E-state index contributed by atoms with van der Waals surface area (Å²) < 4.78 is 20.9. The predicted molar refractivity (Wildman–Crippen MR) is 132 cm³/mol. The lowest BCUT2D eigenvalue weighted by Crippen LogP contribution is -2.34. The molecular formula is C27H26FN5O3. The minimum absolute atomic E-state index is 0.0159. The Hall–Kier alpha value is -4.53. The minimum atomic E-state index is -0.614. The molecule has 2 aromatic carbocycles. The van der Waals surface area contributed by atoms with Crippen molar-refractivity contribution < 1.29 is 18.7 Å². The summed E-state index contributed by atoms with van der Waals surface area (Å²) in [6.07, 6.45) is 3.36. The van der Waals surface area contributed by atoms with E-state index >= 15 is 0 Å². The Morgan fingerprint density at radius 2 is 1.86 bits per heavy atom. The van der Waals surface area contributed by atoms with Crippen molar-refractivity contribution in [2.24, 2.45) is 0 Å². The van der Waals surface area contributed by atoms with Crippen LogP contribution < -0.4 is 15.4 Å². The molecule has 1 atom stereocenters. The third-order valence-corrected chi connectivity index (χ3v) is 5.67. The third-order valence-electron chi connectivity index (χ3n) is 5.67. The van der Waals surface area contributed by atoms with Crippen molar-refractivity contribution in [1.29, 1.82) is 0 Å². The Labute approximate surface area is 208 Å². The van der Waals surface area contributed by atoms with Crippen LogP contribution in [0.4, 0.5) is 4.39 Å². The largest absolute Gasteiger partial charge is 0.481 e. The fourth-order valence-corrected chi connectivity index (χ4v) is 3.83. The predicted octanol–water partition coefficient (Wildman–Crippen LogP) is 3.90. The number of nitrogens with one attached hydrogen (secondary N) is 2. The van der Waals surface area contributed by atoms with Gasteiger partial charge >= 0.3 is 0 Å². The van der Waals surface area contributed by atoms with E-state index in [1.807, 2.05) is 37.3 Å². The molecule has 0 saturated heterocycles. The lowest BCUT2D eigenvalue weighted by atomic mass is 9.98. The molecule has 4 rings (SSSR count). The van der Waals surface area contributed by atoms with E-state index in [-0.39, 0.29) is 29.6 Å². The molecular weight excluding hydrogens is 461 g/mol. The van der Waals surface area contributed by atoms with Gasteiger partial charge in [0.1, 0.15) is 11.5 Å². The van der Waals surface area contributed by atoms with E-state index in [4.69, 9.17) is 4.74 Å². The maximum absolute atomic E-state index is 14.4. The molecule has 0 aliphatic heterocycles. The van der Waals surface area contributed by atoms with Crippen molar-refractivity contribution in [1.82, 2.24) is 25.4 Å². The van der Waals surface area contributed by atoms with E-state index in [9.17, 15) is 14.0 Å². The van der Waals surface area contributed by atoms with Gasteiger partial charge in [-0.2, -0.15) is 9.78 Å². The maximum Gasteiger partial charge on any atom is 0.272 e. The number of carbonyl (C=O) groups is 2. The number of hydrogen-bond acceptors (Lipinski definition) is 5. The van der Waals surface area contributed by atoms with Crippen LogP contribution in [0.2, 0.25) is 0 Å². The topological polar surface area (TPSA) is 98.1 Å². The first-order valence-electron chi connectivity index (χ1n) is 11.4. The fraction of sp³-hybridized carbons (Fsp3) is 0.185. The summed E-state index contributed by atoms with van der Waals surface area (Å²) in [4.78, 5) is 30.1. The summed E-state index contributed by atoms with van der Waals surface area (Å²) in [7, 11) is 1.42. The summed E-state index contributed by atoms with van der Waals surface area (Å²) in [5, 5.41) is 10.1. The van der Waals surface area contributed by atoms with Gasteiger partial charge in [-0.15, -0.1) is 0 Å². The first kappa shape index (κ1) is 24.6.